The van der Waals surface area contributed by atoms with Gasteiger partial charge in [-0.2, -0.15) is 0 Å². The number of aromatic nitrogens is 3. The van der Waals surface area contributed by atoms with Crippen molar-refractivity contribution >= 4 is 17.0 Å². The second-order valence-corrected chi connectivity index (χ2v) is 6.32. The number of halogens is 1. The number of nitrogens with one attached hydrogen (secondary N) is 1. The van der Waals surface area contributed by atoms with E-state index in [0.717, 1.165) is 16.7 Å². The van der Waals surface area contributed by atoms with E-state index < -0.39 is 5.76 Å². The highest BCUT2D eigenvalue weighted by atomic mass is 19.1. The molecule has 1 unspecified atom stereocenters. The van der Waals surface area contributed by atoms with Crippen LogP contribution in [0.4, 0.5) is 10.3 Å². The molecule has 2 aromatic heterocycles. The molecule has 0 aliphatic heterocycles. The van der Waals surface area contributed by atoms with Gasteiger partial charge in [-0.25, -0.2) is 19.2 Å². The summed E-state index contributed by atoms with van der Waals surface area (Å²) in [6, 6.07) is 11.7. The van der Waals surface area contributed by atoms with Crippen molar-refractivity contribution in [1.29, 1.82) is 0 Å². The van der Waals surface area contributed by atoms with E-state index in [1.165, 1.54) is 16.7 Å². The summed E-state index contributed by atoms with van der Waals surface area (Å²) in [6.07, 6.45) is 3.43. The van der Waals surface area contributed by atoms with E-state index in [0.29, 0.717) is 17.0 Å². The van der Waals surface area contributed by atoms with Crippen LogP contribution in [0.2, 0.25) is 0 Å². The molecule has 0 aliphatic rings. The van der Waals surface area contributed by atoms with Crippen LogP contribution >= 0.6 is 0 Å². The number of nitrogens with zero attached hydrogens (tertiary/aromatic N) is 3. The third-order valence-corrected chi connectivity index (χ3v) is 4.49. The average Bonchev–Trinajstić information content (AvgIpc) is 2.96. The summed E-state index contributed by atoms with van der Waals surface area (Å²) in [5.41, 5.74) is 3.90. The molecule has 136 valence electrons. The summed E-state index contributed by atoms with van der Waals surface area (Å²) < 4.78 is 19.6. The highest BCUT2D eigenvalue weighted by Crippen LogP contribution is 2.24. The van der Waals surface area contributed by atoms with Crippen molar-refractivity contribution in [3.8, 4) is 11.1 Å². The van der Waals surface area contributed by atoms with E-state index in [1.807, 2.05) is 19.1 Å². The number of benzene rings is 2. The Morgan fingerprint density at radius 2 is 1.78 bits per heavy atom. The van der Waals surface area contributed by atoms with Crippen LogP contribution in [0.25, 0.3) is 22.2 Å². The highest BCUT2D eigenvalue weighted by Gasteiger charge is 2.10. The van der Waals surface area contributed by atoms with Gasteiger partial charge in [-0.15, -0.1) is 0 Å². The molecule has 0 radical (unpaired) electrons. The number of aryl methyl sites for hydroxylation is 1. The number of hydrogen-bond acceptors (Lipinski definition) is 5. The van der Waals surface area contributed by atoms with Crippen LogP contribution in [0.15, 0.2) is 64.1 Å². The number of hydrogen-bond donors (Lipinski definition) is 1. The first-order chi connectivity index (χ1) is 13.0. The van der Waals surface area contributed by atoms with Crippen LogP contribution in [0, 0.1) is 5.82 Å². The molecule has 7 heteroatoms. The van der Waals surface area contributed by atoms with Crippen molar-refractivity contribution in [2.45, 2.75) is 13.0 Å². The molecule has 4 aromatic rings. The fraction of sp³-hybridized carbons (Fsp3) is 0.150. The van der Waals surface area contributed by atoms with Crippen LogP contribution in [-0.4, -0.2) is 14.5 Å². The predicted molar refractivity (Wildman–Crippen MR) is 101 cm³/mol. The molecule has 2 aromatic carbocycles. The standard InChI is InChI=1S/C20H17FN4O2/c1-12(13-3-6-16(21)7-4-13)24-19-22-10-15(11-23-19)14-5-8-18-17(9-14)25(2)20(26)27-18/h3-12H,1-2H3,(H,22,23,24). The van der Waals surface area contributed by atoms with Crippen molar-refractivity contribution in [1.82, 2.24) is 14.5 Å². The Kier molecular flexibility index (Phi) is 4.19. The maximum atomic E-state index is 13.0. The fourth-order valence-electron chi connectivity index (χ4n) is 2.89. The molecule has 0 saturated heterocycles. The lowest BCUT2D eigenvalue weighted by Crippen LogP contribution is -2.09. The zero-order chi connectivity index (χ0) is 19.0. The van der Waals surface area contributed by atoms with Gasteiger partial charge in [0, 0.05) is 25.0 Å². The Morgan fingerprint density at radius 3 is 2.48 bits per heavy atom. The van der Waals surface area contributed by atoms with Gasteiger partial charge in [0.2, 0.25) is 5.95 Å². The maximum absolute atomic E-state index is 13.0. The average molecular weight is 364 g/mol. The molecule has 0 spiro atoms. The van der Waals surface area contributed by atoms with E-state index in [-0.39, 0.29) is 11.9 Å². The molecule has 0 bridgehead atoms. The van der Waals surface area contributed by atoms with Gasteiger partial charge in [-0.1, -0.05) is 18.2 Å². The minimum absolute atomic E-state index is 0.0618. The first-order valence-electron chi connectivity index (χ1n) is 8.45. The van der Waals surface area contributed by atoms with Crippen molar-refractivity contribution in [3.05, 3.63) is 76.8 Å². The lowest BCUT2D eigenvalue weighted by atomic mass is 10.1. The summed E-state index contributed by atoms with van der Waals surface area (Å²) in [5.74, 6) is -0.182. The van der Waals surface area contributed by atoms with E-state index in [9.17, 15) is 9.18 Å². The first-order valence-corrected chi connectivity index (χ1v) is 8.45. The molecule has 0 saturated carbocycles. The van der Waals surface area contributed by atoms with Gasteiger partial charge in [0.15, 0.2) is 5.58 Å². The lowest BCUT2D eigenvalue weighted by Gasteiger charge is -2.14. The number of oxazole rings is 1. The molecule has 6 nitrogen and oxygen atoms in total. The third-order valence-electron chi connectivity index (χ3n) is 4.49. The highest BCUT2D eigenvalue weighted by molar-refractivity contribution is 5.80. The van der Waals surface area contributed by atoms with E-state index in [2.05, 4.69) is 15.3 Å². The van der Waals surface area contributed by atoms with Gasteiger partial charge in [0.25, 0.3) is 0 Å². The Bertz CT molecular complexity index is 1150. The molecule has 27 heavy (non-hydrogen) atoms. The Morgan fingerprint density at radius 1 is 1.07 bits per heavy atom. The van der Waals surface area contributed by atoms with Crippen LogP contribution in [0.3, 0.4) is 0 Å². The first kappa shape index (κ1) is 17.0. The zero-order valence-electron chi connectivity index (χ0n) is 14.8. The summed E-state index contributed by atoms with van der Waals surface area (Å²) >= 11 is 0. The van der Waals surface area contributed by atoms with Crippen molar-refractivity contribution in [2.75, 3.05) is 5.32 Å². The van der Waals surface area contributed by atoms with Crippen molar-refractivity contribution < 1.29 is 8.81 Å². The monoisotopic (exact) mass is 364 g/mol. The van der Waals surface area contributed by atoms with Crippen LogP contribution in [0.5, 0.6) is 0 Å². The summed E-state index contributed by atoms with van der Waals surface area (Å²) in [4.78, 5) is 20.3. The minimum atomic E-state index is -0.396. The predicted octanol–water partition coefficient (Wildman–Crippen LogP) is 3.90. The van der Waals surface area contributed by atoms with Gasteiger partial charge in [0.1, 0.15) is 5.82 Å². The molecular formula is C20H17FN4O2. The second-order valence-electron chi connectivity index (χ2n) is 6.32. The Hall–Kier alpha value is -3.48. The van der Waals surface area contributed by atoms with Crippen LogP contribution < -0.4 is 11.1 Å². The summed E-state index contributed by atoms with van der Waals surface area (Å²) in [5, 5.41) is 3.19. The smallest absolute Gasteiger partial charge is 0.408 e. The van der Waals surface area contributed by atoms with Gasteiger partial charge in [0.05, 0.1) is 11.6 Å². The largest absolute Gasteiger partial charge is 0.419 e. The van der Waals surface area contributed by atoms with Gasteiger partial charge in [-0.05, 0) is 42.3 Å². The number of anilines is 1. The Labute approximate surface area is 154 Å². The van der Waals surface area contributed by atoms with Gasteiger partial charge >= 0.3 is 5.76 Å². The van der Waals surface area contributed by atoms with Crippen LogP contribution in [-0.2, 0) is 7.05 Å². The molecule has 2 heterocycles. The number of fused-ring (bicyclic) bond motifs is 1. The van der Waals surface area contributed by atoms with Crippen LogP contribution in [0.1, 0.15) is 18.5 Å². The molecular weight excluding hydrogens is 347 g/mol. The molecule has 1 N–H and O–H groups in total. The van der Waals surface area contributed by atoms with E-state index in [4.69, 9.17) is 4.42 Å². The van der Waals surface area contributed by atoms with Gasteiger partial charge < -0.3 is 9.73 Å². The molecule has 0 amide bonds. The van der Waals surface area contributed by atoms with Crippen molar-refractivity contribution in [3.63, 3.8) is 0 Å². The quantitative estimate of drug-likeness (QED) is 0.594. The van der Waals surface area contributed by atoms with E-state index >= 15 is 0 Å². The molecule has 0 fully saturated rings. The topological polar surface area (TPSA) is 73.0 Å². The fourth-order valence-corrected chi connectivity index (χ4v) is 2.89. The third kappa shape index (κ3) is 3.31. The Balaban J connectivity index is 1.56. The molecule has 4 rings (SSSR count). The minimum Gasteiger partial charge on any atom is -0.408 e. The SMILES string of the molecule is CC(Nc1ncc(-c2ccc3oc(=O)n(C)c3c2)cn1)c1ccc(F)cc1. The zero-order valence-corrected chi connectivity index (χ0v) is 14.8. The normalized spacial score (nSPS) is 12.3. The number of rotatable bonds is 4. The summed E-state index contributed by atoms with van der Waals surface area (Å²) in [6.45, 7) is 1.96. The van der Waals surface area contributed by atoms with Gasteiger partial charge in [-0.3, -0.25) is 4.57 Å². The molecule has 1 atom stereocenters. The lowest BCUT2D eigenvalue weighted by molar-refractivity contribution is 0.528. The second kappa shape index (κ2) is 6.68. The summed E-state index contributed by atoms with van der Waals surface area (Å²) in [7, 11) is 1.66. The maximum Gasteiger partial charge on any atom is 0.419 e. The van der Waals surface area contributed by atoms with Crippen molar-refractivity contribution in [2.24, 2.45) is 7.05 Å². The molecule has 0 aliphatic carbocycles. The van der Waals surface area contributed by atoms with E-state index in [1.54, 1.807) is 37.6 Å².